The Bertz CT molecular complexity index is 699. The highest BCUT2D eigenvalue weighted by Gasteiger charge is 2.14. The van der Waals surface area contributed by atoms with Gasteiger partial charge in [-0.1, -0.05) is 0 Å². The third-order valence-corrected chi connectivity index (χ3v) is 2.80. The van der Waals surface area contributed by atoms with Gasteiger partial charge < -0.3 is 15.2 Å². The summed E-state index contributed by atoms with van der Waals surface area (Å²) in [6.45, 7) is 1.45. The Balaban J connectivity index is 1.96. The fraction of sp³-hybridized carbons (Fsp3) is 0.286. The number of halogens is 1. The smallest absolute Gasteiger partial charge is 0.329 e. The summed E-state index contributed by atoms with van der Waals surface area (Å²) in [5, 5.41) is 15.0. The molecule has 122 valence electrons. The van der Waals surface area contributed by atoms with Crippen LogP contribution in [0.5, 0.6) is 0 Å². The lowest BCUT2D eigenvalue weighted by atomic mass is 10.3. The van der Waals surface area contributed by atoms with Gasteiger partial charge >= 0.3 is 5.97 Å². The number of nitrogens with zero attached hydrogens (tertiary/aromatic N) is 3. The predicted molar refractivity (Wildman–Crippen MR) is 76.8 cm³/mol. The van der Waals surface area contributed by atoms with Gasteiger partial charge in [-0.25, -0.2) is 18.9 Å². The van der Waals surface area contributed by atoms with Gasteiger partial charge in [0.15, 0.2) is 0 Å². The second-order valence-electron chi connectivity index (χ2n) is 4.57. The van der Waals surface area contributed by atoms with Crippen LogP contribution >= 0.6 is 0 Å². The molecule has 0 radical (unpaired) electrons. The Labute approximate surface area is 130 Å². The van der Waals surface area contributed by atoms with Crippen LogP contribution in [0.15, 0.2) is 24.3 Å². The van der Waals surface area contributed by atoms with Crippen LogP contribution in [0, 0.1) is 12.7 Å². The number of carboxylic acid groups (broad SMARTS) is 1. The van der Waals surface area contributed by atoms with Crippen LogP contribution in [0.2, 0.25) is 0 Å². The minimum absolute atomic E-state index is 0.0370. The zero-order valence-corrected chi connectivity index (χ0v) is 12.3. The van der Waals surface area contributed by atoms with Crippen molar-refractivity contribution in [3.05, 3.63) is 41.7 Å². The molecular weight excluding hydrogens is 307 g/mol. The maximum atomic E-state index is 12.9. The molecule has 0 unspecified atom stereocenters. The number of hydrogen-bond donors (Lipinski definition) is 2. The van der Waals surface area contributed by atoms with Crippen LogP contribution in [0.25, 0.3) is 5.69 Å². The molecule has 0 aliphatic rings. The van der Waals surface area contributed by atoms with E-state index in [4.69, 9.17) is 9.84 Å². The first-order chi connectivity index (χ1) is 11.0. The molecule has 2 N–H and O–H groups in total. The van der Waals surface area contributed by atoms with Crippen LogP contribution in [0.3, 0.4) is 0 Å². The van der Waals surface area contributed by atoms with E-state index >= 15 is 0 Å². The molecule has 2 aromatic rings. The van der Waals surface area contributed by atoms with Gasteiger partial charge in [0.2, 0.25) is 5.82 Å². The third kappa shape index (κ3) is 4.58. The average Bonchev–Trinajstić information content (AvgIpc) is 2.89. The van der Waals surface area contributed by atoms with Crippen molar-refractivity contribution in [2.45, 2.75) is 6.92 Å². The summed E-state index contributed by atoms with van der Waals surface area (Å²) in [5.41, 5.74) is 0.584. The zero-order chi connectivity index (χ0) is 16.8. The van der Waals surface area contributed by atoms with Gasteiger partial charge in [-0.05, 0) is 31.2 Å². The molecule has 1 heterocycles. The monoisotopic (exact) mass is 322 g/mol. The summed E-state index contributed by atoms with van der Waals surface area (Å²) >= 11 is 0. The van der Waals surface area contributed by atoms with Crippen LogP contribution in [-0.4, -0.2) is 51.5 Å². The van der Waals surface area contributed by atoms with Crippen molar-refractivity contribution in [1.29, 1.82) is 0 Å². The van der Waals surface area contributed by atoms with Gasteiger partial charge in [0.25, 0.3) is 5.91 Å². The molecule has 0 saturated carbocycles. The second-order valence-corrected chi connectivity index (χ2v) is 4.57. The van der Waals surface area contributed by atoms with Crippen molar-refractivity contribution in [2.24, 2.45) is 0 Å². The van der Waals surface area contributed by atoms with Gasteiger partial charge in [0.05, 0.1) is 12.3 Å². The number of carboxylic acids is 1. The molecule has 0 aliphatic carbocycles. The maximum absolute atomic E-state index is 12.9. The van der Waals surface area contributed by atoms with Crippen molar-refractivity contribution in [3.63, 3.8) is 0 Å². The molecule has 0 bridgehead atoms. The molecule has 0 spiro atoms. The van der Waals surface area contributed by atoms with Crippen LogP contribution in [0.1, 0.15) is 16.4 Å². The molecule has 1 aromatic carbocycles. The molecule has 9 heteroatoms. The SMILES string of the molecule is Cc1nc(C(=O)NCCOCC(=O)O)nn1-c1ccc(F)cc1. The van der Waals surface area contributed by atoms with Crippen molar-refractivity contribution in [3.8, 4) is 5.69 Å². The summed E-state index contributed by atoms with van der Waals surface area (Å²) < 4.78 is 19.2. The van der Waals surface area contributed by atoms with Crippen LogP contribution in [-0.2, 0) is 9.53 Å². The number of carbonyl (C=O) groups excluding carboxylic acids is 1. The van der Waals surface area contributed by atoms with E-state index < -0.39 is 18.5 Å². The fourth-order valence-corrected chi connectivity index (χ4v) is 1.79. The van der Waals surface area contributed by atoms with E-state index in [2.05, 4.69) is 15.4 Å². The fourth-order valence-electron chi connectivity index (χ4n) is 1.79. The average molecular weight is 322 g/mol. The van der Waals surface area contributed by atoms with Crippen molar-refractivity contribution in [1.82, 2.24) is 20.1 Å². The van der Waals surface area contributed by atoms with E-state index in [0.29, 0.717) is 11.5 Å². The number of carbonyl (C=O) groups is 2. The Kier molecular flexibility index (Phi) is 5.36. The number of amides is 1. The summed E-state index contributed by atoms with van der Waals surface area (Å²) in [7, 11) is 0. The summed E-state index contributed by atoms with van der Waals surface area (Å²) in [5.74, 6) is -1.51. The molecule has 2 rings (SSSR count). The first-order valence-corrected chi connectivity index (χ1v) is 6.74. The highest BCUT2D eigenvalue weighted by atomic mass is 19.1. The normalized spacial score (nSPS) is 10.5. The van der Waals surface area contributed by atoms with E-state index in [1.54, 1.807) is 6.92 Å². The standard InChI is InChI=1S/C14H15FN4O4/c1-9-17-13(14(22)16-6-7-23-8-12(20)21)18-19(9)11-4-2-10(15)3-5-11/h2-5H,6-8H2,1H3,(H,16,22)(H,20,21). The Morgan fingerprint density at radius 3 is 2.70 bits per heavy atom. The van der Waals surface area contributed by atoms with E-state index in [9.17, 15) is 14.0 Å². The molecular formula is C14H15FN4O4. The number of aliphatic carboxylic acids is 1. The van der Waals surface area contributed by atoms with Crippen molar-refractivity contribution in [2.75, 3.05) is 19.8 Å². The van der Waals surface area contributed by atoms with Gasteiger partial charge in [-0.15, -0.1) is 5.10 Å². The Morgan fingerprint density at radius 2 is 2.04 bits per heavy atom. The number of ether oxygens (including phenoxy) is 1. The van der Waals surface area contributed by atoms with E-state index in [1.165, 1.54) is 28.9 Å². The van der Waals surface area contributed by atoms with Crippen LogP contribution in [0.4, 0.5) is 4.39 Å². The molecule has 1 aromatic heterocycles. The topological polar surface area (TPSA) is 106 Å². The Hall–Kier alpha value is -2.81. The number of benzene rings is 1. The minimum atomic E-state index is -1.08. The molecule has 0 fully saturated rings. The van der Waals surface area contributed by atoms with E-state index in [0.717, 1.165) is 0 Å². The lowest BCUT2D eigenvalue weighted by Gasteiger charge is -2.03. The second kappa shape index (κ2) is 7.45. The van der Waals surface area contributed by atoms with Gasteiger partial charge in [0.1, 0.15) is 18.2 Å². The lowest BCUT2D eigenvalue weighted by Crippen LogP contribution is -2.29. The van der Waals surface area contributed by atoms with Gasteiger partial charge in [-0.2, -0.15) is 0 Å². The van der Waals surface area contributed by atoms with Crippen molar-refractivity contribution >= 4 is 11.9 Å². The summed E-state index contributed by atoms with van der Waals surface area (Å²) in [4.78, 5) is 26.2. The number of hydrogen-bond acceptors (Lipinski definition) is 5. The van der Waals surface area contributed by atoms with E-state index in [1.807, 2.05) is 0 Å². The summed E-state index contributed by atoms with van der Waals surface area (Å²) in [6, 6.07) is 5.63. The number of rotatable bonds is 7. The minimum Gasteiger partial charge on any atom is -0.480 e. The van der Waals surface area contributed by atoms with Gasteiger partial charge in [0, 0.05) is 6.54 Å². The largest absolute Gasteiger partial charge is 0.480 e. The zero-order valence-electron chi connectivity index (χ0n) is 12.3. The lowest BCUT2D eigenvalue weighted by molar-refractivity contribution is -0.142. The molecule has 0 saturated heterocycles. The van der Waals surface area contributed by atoms with Crippen molar-refractivity contribution < 1.29 is 23.8 Å². The maximum Gasteiger partial charge on any atom is 0.329 e. The Morgan fingerprint density at radius 1 is 1.35 bits per heavy atom. The third-order valence-electron chi connectivity index (χ3n) is 2.80. The molecule has 23 heavy (non-hydrogen) atoms. The molecule has 8 nitrogen and oxygen atoms in total. The highest BCUT2D eigenvalue weighted by Crippen LogP contribution is 2.10. The number of nitrogens with one attached hydrogen (secondary N) is 1. The first kappa shape index (κ1) is 16.6. The van der Waals surface area contributed by atoms with Crippen LogP contribution < -0.4 is 5.32 Å². The van der Waals surface area contributed by atoms with E-state index in [-0.39, 0.29) is 24.8 Å². The quantitative estimate of drug-likeness (QED) is 0.721. The predicted octanol–water partition coefficient (Wildman–Crippen LogP) is 0.546. The first-order valence-electron chi connectivity index (χ1n) is 6.74. The number of aromatic nitrogens is 3. The molecule has 0 aliphatic heterocycles. The molecule has 1 amide bonds. The van der Waals surface area contributed by atoms with Gasteiger partial charge in [-0.3, -0.25) is 4.79 Å². The summed E-state index contributed by atoms with van der Waals surface area (Å²) in [6.07, 6.45) is 0. The number of aryl methyl sites for hydroxylation is 1. The highest BCUT2D eigenvalue weighted by molar-refractivity contribution is 5.90. The molecule has 0 atom stereocenters.